The molecule has 1 aromatic carbocycles. The minimum Gasteiger partial charge on any atom is -0.481 e. The second-order valence-corrected chi connectivity index (χ2v) is 10.8. The van der Waals surface area contributed by atoms with Crippen molar-refractivity contribution in [1.82, 2.24) is 14.7 Å². The van der Waals surface area contributed by atoms with Gasteiger partial charge in [-0.3, -0.25) is 19.3 Å². The summed E-state index contributed by atoms with van der Waals surface area (Å²) in [6, 6.07) is 5.37. The molecule has 9 nitrogen and oxygen atoms in total. The molecule has 2 amide bonds. The van der Waals surface area contributed by atoms with Crippen LogP contribution >= 0.6 is 0 Å². The molecule has 2 fully saturated rings. The molecule has 4 rings (SSSR count). The van der Waals surface area contributed by atoms with Gasteiger partial charge in [0, 0.05) is 51.1 Å². The van der Waals surface area contributed by atoms with E-state index in [1.165, 1.54) is 0 Å². The highest BCUT2D eigenvalue weighted by atomic mass is 16.7. The van der Waals surface area contributed by atoms with Crippen LogP contribution in [0, 0.1) is 5.92 Å². The molecule has 3 aliphatic heterocycles. The molecular formula is C29H43N3O6. The van der Waals surface area contributed by atoms with Crippen molar-refractivity contribution in [3.05, 3.63) is 23.8 Å². The number of carboxylic acid groups (broad SMARTS) is 1. The first-order chi connectivity index (χ1) is 18.4. The number of likely N-dealkylation sites (tertiary alicyclic amines) is 2. The number of hydrogen-bond donors (Lipinski definition) is 1. The van der Waals surface area contributed by atoms with Gasteiger partial charge in [-0.1, -0.05) is 32.8 Å². The van der Waals surface area contributed by atoms with Gasteiger partial charge in [-0.25, -0.2) is 0 Å². The molecule has 0 bridgehead atoms. The summed E-state index contributed by atoms with van der Waals surface area (Å²) in [6.45, 7) is 7.99. The third-order valence-corrected chi connectivity index (χ3v) is 8.21. The van der Waals surface area contributed by atoms with E-state index in [1.54, 1.807) is 0 Å². The molecule has 210 valence electrons. The number of aliphatic carboxylic acids is 1. The molecule has 3 aliphatic rings. The summed E-state index contributed by atoms with van der Waals surface area (Å²) >= 11 is 0. The van der Waals surface area contributed by atoms with Gasteiger partial charge >= 0.3 is 5.97 Å². The standard InChI is InChI=1S/C29H43N3O6/c1-3-5-13-31(14-6-4-2)27(34)19-32-18-22(21-11-12-24-25(17-21)38-20-37-24)28(29(35)36)23(32)9-7-15-30-16-8-10-26(30)33/h11-12,17,22-23,28H,3-10,13-16,18-20H2,1-2H3,(H,35,36). The lowest BCUT2D eigenvalue weighted by Crippen LogP contribution is -2.45. The predicted octanol–water partition coefficient (Wildman–Crippen LogP) is 3.72. The number of unbranched alkanes of at least 4 members (excludes halogenated alkanes) is 2. The van der Waals surface area contributed by atoms with Crippen molar-refractivity contribution in [3.8, 4) is 11.5 Å². The normalized spacial score (nSPS) is 22.8. The number of ether oxygens (including phenoxy) is 2. The molecule has 38 heavy (non-hydrogen) atoms. The summed E-state index contributed by atoms with van der Waals surface area (Å²) in [5, 5.41) is 10.4. The van der Waals surface area contributed by atoms with Crippen molar-refractivity contribution < 1.29 is 29.0 Å². The number of fused-ring (bicyclic) bond motifs is 1. The van der Waals surface area contributed by atoms with Crippen molar-refractivity contribution in [3.63, 3.8) is 0 Å². The van der Waals surface area contributed by atoms with Gasteiger partial charge in [-0.2, -0.15) is 0 Å². The summed E-state index contributed by atoms with van der Waals surface area (Å²) < 4.78 is 11.0. The zero-order chi connectivity index (χ0) is 27.1. The quantitative estimate of drug-likeness (QED) is 0.392. The molecule has 0 saturated carbocycles. The fraction of sp³-hybridized carbons (Fsp3) is 0.690. The molecule has 1 aromatic rings. The Hall–Kier alpha value is -2.81. The molecule has 1 N–H and O–H groups in total. The van der Waals surface area contributed by atoms with Crippen LogP contribution in [0.15, 0.2) is 18.2 Å². The first-order valence-corrected chi connectivity index (χ1v) is 14.3. The van der Waals surface area contributed by atoms with Gasteiger partial charge in [0.2, 0.25) is 18.6 Å². The number of hydrogen-bond acceptors (Lipinski definition) is 6. The maximum Gasteiger partial charge on any atom is 0.308 e. The summed E-state index contributed by atoms with van der Waals surface area (Å²) in [5.41, 5.74) is 0.894. The maximum atomic E-state index is 13.5. The van der Waals surface area contributed by atoms with Crippen molar-refractivity contribution >= 4 is 17.8 Å². The van der Waals surface area contributed by atoms with Gasteiger partial charge in [-0.15, -0.1) is 0 Å². The smallest absolute Gasteiger partial charge is 0.308 e. The highest BCUT2D eigenvalue weighted by Crippen LogP contribution is 2.43. The molecular weight excluding hydrogens is 486 g/mol. The fourth-order valence-electron chi connectivity index (χ4n) is 6.10. The lowest BCUT2D eigenvalue weighted by atomic mass is 9.83. The van der Waals surface area contributed by atoms with Crippen LogP contribution in [0.5, 0.6) is 11.5 Å². The zero-order valence-electron chi connectivity index (χ0n) is 22.9. The molecule has 3 heterocycles. The van der Waals surface area contributed by atoms with Crippen LogP contribution in [0.25, 0.3) is 0 Å². The highest BCUT2D eigenvalue weighted by molar-refractivity contribution is 5.79. The highest BCUT2D eigenvalue weighted by Gasteiger charge is 2.47. The van der Waals surface area contributed by atoms with Crippen LogP contribution in [0.2, 0.25) is 0 Å². The van der Waals surface area contributed by atoms with E-state index in [-0.39, 0.29) is 37.1 Å². The SMILES string of the molecule is CCCCN(CCCC)C(=O)CN1CC(c2ccc3c(c2)OCO3)C(C(=O)O)C1CCCN1CCCC1=O. The Kier molecular flexibility index (Phi) is 9.88. The fourth-order valence-corrected chi connectivity index (χ4v) is 6.10. The van der Waals surface area contributed by atoms with Gasteiger partial charge in [0.05, 0.1) is 12.5 Å². The summed E-state index contributed by atoms with van der Waals surface area (Å²) in [7, 11) is 0. The second kappa shape index (κ2) is 13.3. The molecule has 0 radical (unpaired) electrons. The Bertz CT molecular complexity index is 977. The average Bonchev–Trinajstić information content (AvgIpc) is 3.62. The van der Waals surface area contributed by atoms with E-state index in [0.29, 0.717) is 43.9 Å². The molecule has 2 saturated heterocycles. The number of nitrogens with zero attached hydrogens (tertiary/aromatic N) is 3. The number of carboxylic acids is 1. The Labute approximate surface area is 226 Å². The Morgan fingerprint density at radius 3 is 2.47 bits per heavy atom. The molecule has 9 heteroatoms. The summed E-state index contributed by atoms with van der Waals surface area (Å²) in [5.74, 6) is -0.222. The topological polar surface area (TPSA) is 99.6 Å². The minimum atomic E-state index is -0.848. The lowest BCUT2D eigenvalue weighted by Gasteiger charge is -2.30. The number of rotatable bonds is 14. The van der Waals surface area contributed by atoms with Crippen LogP contribution < -0.4 is 9.47 Å². The third kappa shape index (κ3) is 6.60. The van der Waals surface area contributed by atoms with Crippen molar-refractivity contribution in [2.75, 3.05) is 46.1 Å². The summed E-state index contributed by atoms with van der Waals surface area (Å²) in [6.07, 6.45) is 6.78. The van der Waals surface area contributed by atoms with Crippen molar-refractivity contribution in [2.24, 2.45) is 5.92 Å². The number of benzene rings is 1. The number of carbonyl (C=O) groups is 3. The molecule has 0 spiro atoms. The van der Waals surface area contributed by atoms with E-state index in [1.807, 2.05) is 28.0 Å². The first kappa shape index (κ1) is 28.2. The molecule has 0 aromatic heterocycles. The number of amides is 2. The van der Waals surface area contributed by atoms with Crippen LogP contribution in [0.4, 0.5) is 0 Å². The molecule has 3 atom stereocenters. The van der Waals surface area contributed by atoms with Gasteiger partial charge < -0.3 is 24.4 Å². The van der Waals surface area contributed by atoms with Crippen molar-refractivity contribution in [1.29, 1.82) is 0 Å². The Morgan fingerprint density at radius 2 is 1.82 bits per heavy atom. The Morgan fingerprint density at radius 1 is 1.08 bits per heavy atom. The van der Waals surface area contributed by atoms with E-state index in [2.05, 4.69) is 18.7 Å². The monoisotopic (exact) mass is 529 g/mol. The van der Waals surface area contributed by atoms with E-state index in [0.717, 1.165) is 57.3 Å². The third-order valence-electron chi connectivity index (χ3n) is 8.21. The van der Waals surface area contributed by atoms with E-state index >= 15 is 0 Å². The average molecular weight is 530 g/mol. The largest absolute Gasteiger partial charge is 0.481 e. The Balaban J connectivity index is 1.54. The van der Waals surface area contributed by atoms with E-state index in [4.69, 9.17) is 9.47 Å². The minimum absolute atomic E-state index is 0.0714. The maximum absolute atomic E-state index is 13.5. The first-order valence-electron chi connectivity index (χ1n) is 14.3. The van der Waals surface area contributed by atoms with E-state index < -0.39 is 11.9 Å². The van der Waals surface area contributed by atoms with Gasteiger partial charge in [0.15, 0.2) is 11.5 Å². The van der Waals surface area contributed by atoms with Crippen molar-refractivity contribution in [2.45, 2.75) is 77.2 Å². The van der Waals surface area contributed by atoms with Crippen LogP contribution in [0.3, 0.4) is 0 Å². The zero-order valence-corrected chi connectivity index (χ0v) is 22.9. The van der Waals surface area contributed by atoms with Gasteiger partial charge in [0.1, 0.15) is 0 Å². The van der Waals surface area contributed by atoms with Gasteiger partial charge in [-0.05, 0) is 49.8 Å². The molecule has 3 unspecified atom stereocenters. The van der Waals surface area contributed by atoms with Crippen LogP contribution in [-0.2, 0) is 14.4 Å². The van der Waals surface area contributed by atoms with E-state index in [9.17, 15) is 19.5 Å². The summed E-state index contributed by atoms with van der Waals surface area (Å²) in [4.78, 5) is 44.2. The second-order valence-electron chi connectivity index (χ2n) is 10.8. The van der Waals surface area contributed by atoms with Crippen LogP contribution in [0.1, 0.15) is 76.7 Å². The predicted molar refractivity (Wildman–Crippen MR) is 143 cm³/mol. The molecule has 0 aliphatic carbocycles. The van der Waals surface area contributed by atoms with Crippen LogP contribution in [-0.4, -0.2) is 89.7 Å². The lowest BCUT2D eigenvalue weighted by molar-refractivity contribution is -0.144. The van der Waals surface area contributed by atoms with Gasteiger partial charge in [0.25, 0.3) is 0 Å². The number of carbonyl (C=O) groups excluding carboxylic acids is 2.